The molecular weight excluding hydrogens is 250 g/mol. The van der Waals surface area contributed by atoms with Crippen LogP contribution in [0.15, 0.2) is 18.2 Å². The third-order valence-electron chi connectivity index (χ3n) is 4.23. The van der Waals surface area contributed by atoms with Crippen LogP contribution in [0.2, 0.25) is 0 Å². The minimum Gasteiger partial charge on any atom is -0.368 e. The summed E-state index contributed by atoms with van der Waals surface area (Å²) in [6, 6.07) is 6.99. The first-order chi connectivity index (χ1) is 9.65. The first-order valence-corrected chi connectivity index (χ1v) is 7.52. The van der Waals surface area contributed by atoms with Crippen LogP contribution in [0, 0.1) is 13.8 Å². The molecule has 1 heterocycles. The third kappa shape index (κ3) is 2.74. The van der Waals surface area contributed by atoms with Gasteiger partial charge < -0.3 is 15.1 Å². The zero-order valence-electron chi connectivity index (χ0n) is 12.4. The molecule has 2 amide bonds. The van der Waals surface area contributed by atoms with Gasteiger partial charge in [0.05, 0.1) is 0 Å². The average Bonchev–Trinajstić information content (AvgIpc) is 3.23. The molecule has 2 fully saturated rings. The maximum absolute atomic E-state index is 12.0. The topological polar surface area (TPSA) is 35.6 Å². The number of rotatable bonds is 2. The molecule has 1 N–H and O–H groups in total. The van der Waals surface area contributed by atoms with Gasteiger partial charge in [-0.25, -0.2) is 4.79 Å². The molecule has 20 heavy (non-hydrogen) atoms. The van der Waals surface area contributed by atoms with Gasteiger partial charge in [-0.3, -0.25) is 0 Å². The number of para-hydroxylation sites is 1. The Morgan fingerprint density at radius 1 is 1.10 bits per heavy atom. The molecule has 1 aliphatic heterocycles. The highest BCUT2D eigenvalue weighted by molar-refractivity contribution is 5.75. The van der Waals surface area contributed by atoms with Gasteiger partial charge in [-0.2, -0.15) is 0 Å². The van der Waals surface area contributed by atoms with Gasteiger partial charge in [0, 0.05) is 37.9 Å². The minimum atomic E-state index is 0.119. The van der Waals surface area contributed by atoms with Crippen molar-refractivity contribution in [2.24, 2.45) is 0 Å². The van der Waals surface area contributed by atoms with Gasteiger partial charge in [0.1, 0.15) is 0 Å². The fourth-order valence-corrected chi connectivity index (χ4v) is 2.93. The number of nitrogens with one attached hydrogen (secondary N) is 1. The Morgan fingerprint density at radius 2 is 1.70 bits per heavy atom. The average molecular weight is 273 g/mol. The van der Waals surface area contributed by atoms with E-state index in [-0.39, 0.29) is 6.03 Å². The Hall–Kier alpha value is -1.71. The lowest BCUT2D eigenvalue weighted by Crippen LogP contribution is -2.52. The van der Waals surface area contributed by atoms with Gasteiger partial charge in [0.15, 0.2) is 0 Å². The Bertz CT molecular complexity index is 482. The highest BCUT2D eigenvalue weighted by Crippen LogP contribution is 2.25. The van der Waals surface area contributed by atoms with E-state index in [0.29, 0.717) is 6.04 Å². The van der Waals surface area contributed by atoms with Crippen LogP contribution in [-0.2, 0) is 0 Å². The molecule has 0 aromatic heterocycles. The Labute approximate surface area is 120 Å². The molecule has 4 heteroatoms. The largest absolute Gasteiger partial charge is 0.368 e. The maximum atomic E-state index is 12.0. The molecule has 0 bridgehead atoms. The van der Waals surface area contributed by atoms with Crippen molar-refractivity contribution in [3.8, 4) is 0 Å². The van der Waals surface area contributed by atoms with E-state index in [1.54, 1.807) is 0 Å². The number of piperazine rings is 1. The van der Waals surface area contributed by atoms with E-state index in [1.807, 2.05) is 4.90 Å². The number of aryl methyl sites for hydroxylation is 2. The standard InChI is InChI=1S/C16H23N3O/c1-12-4-3-5-13(2)15(12)18-8-10-19(11-9-18)16(20)17-14-6-7-14/h3-5,14H,6-11H2,1-2H3,(H,17,20). The lowest BCUT2D eigenvalue weighted by molar-refractivity contribution is 0.194. The lowest BCUT2D eigenvalue weighted by Gasteiger charge is -2.37. The number of urea groups is 1. The second kappa shape index (κ2) is 5.35. The number of carbonyl (C=O) groups is 1. The fourth-order valence-electron chi connectivity index (χ4n) is 2.93. The van der Waals surface area contributed by atoms with Gasteiger partial charge in [-0.15, -0.1) is 0 Å². The Morgan fingerprint density at radius 3 is 2.25 bits per heavy atom. The summed E-state index contributed by atoms with van der Waals surface area (Å²) in [6.07, 6.45) is 2.29. The van der Waals surface area contributed by atoms with E-state index in [9.17, 15) is 4.79 Å². The first kappa shape index (κ1) is 13.3. The van der Waals surface area contributed by atoms with Crippen LogP contribution in [0.5, 0.6) is 0 Å². The molecule has 1 aliphatic carbocycles. The van der Waals surface area contributed by atoms with Crippen LogP contribution in [0.4, 0.5) is 10.5 Å². The summed E-state index contributed by atoms with van der Waals surface area (Å²) in [5.74, 6) is 0. The van der Waals surface area contributed by atoms with Crippen LogP contribution in [0.3, 0.4) is 0 Å². The van der Waals surface area contributed by atoms with Crippen LogP contribution in [0.1, 0.15) is 24.0 Å². The normalized spacial score (nSPS) is 19.1. The number of carbonyl (C=O) groups excluding carboxylic acids is 1. The van der Waals surface area contributed by atoms with Crippen molar-refractivity contribution in [2.45, 2.75) is 32.7 Å². The highest BCUT2D eigenvalue weighted by atomic mass is 16.2. The predicted octanol–water partition coefficient (Wildman–Crippen LogP) is 2.30. The predicted molar refractivity (Wildman–Crippen MR) is 81.3 cm³/mol. The van der Waals surface area contributed by atoms with Gasteiger partial charge in [-0.05, 0) is 37.8 Å². The number of hydrogen-bond acceptors (Lipinski definition) is 2. The Balaban J connectivity index is 1.61. The quantitative estimate of drug-likeness (QED) is 0.897. The summed E-state index contributed by atoms with van der Waals surface area (Å²) < 4.78 is 0. The molecule has 0 radical (unpaired) electrons. The zero-order chi connectivity index (χ0) is 14.1. The molecule has 4 nitrogen and oxygen atoms in total. The molecule has 108 valence electrons. The summed E-state index contributed by atoms with van der Waals surface area (Å²) in [5, 5.41) is 3.07. The van der Waals surface area contributed by atoms with Gasteiger partial charge in [0.2, 0.25) is 0 Å². The summed E-state index contributed by atoms with van der Waals surface area (Å²) in [6.45, 7) is 7.79. The third-order valence-corrected chi connectivity index (χ3v) is 4.23. The van der Waals surface area contributed by atoms with E-state index >= 15 is 0 Å². The van der Waals surface area contributed by atoms with Crippen LogP contribution in [0.25, 0.3) is 0 Å². The van der Waals surface area contributed by atoms with Crippen molar-refractivity contribution >= 4 is 11.7 Å². The van der Waals surface area contributed by atoms with Crippen LogP contribution >= 0.6 is 0 Å². The molecule has 0 spiro atoms. The van der Waals surface area contributed by atoms with E-state index in [0.717, 1.165) is 39.0 Å². The molecular formula is C16H23N3O. The smallest absolute Gasteiger partial charge is 0.317 e. The van der Waals surface area contributed by atoms with Gasteiger partial charge in [0.25, 0.3) is 0 Å². The van der Waals surface area contributed by atoms with Crippen LogP contribution < -0.4 is 10.2 Å². The maximum Gasteiger partial charge on any atom is 0.317 e. The molecule has 1 aromatic rings. The monoisotopic (exact) mass is 273 g/mol. The van der Waals surface area contributed by atoms with E-state index < -0.39 is 0 Å². The fraction of sp³-hybridized carbons (Fsp3) is 0.562. The second-order valence-electron chi connectivity index (χ2n) is 5.94. The van der Waals surface area contributed by atoms with Crippen LogP contribution in [-0.4, -0.2) is 43.2 Å². The molecule has 1 aromatic carbocycles. The second-order valence-corrected chi connectivity index (χ2v) is 5.94. The number of nitrogens with zero attached hydrogens (tertiary/aromatic N) is 2. The molecule has 0 unspecified atom stereocenters. The van der Waals surface area contributed by atoms with Gasteiger partial charge in [-0.1, -0.05) is 18.2 Å². The summed E-state index contributed by atoms with van der Waals surface area (Å²) in [7, 11) is 0. The SMILES string of the molecule is Cc1cccc(C)c1N1CCN(C(=O)NC2CC2)CC1. The van der Waals surface area contributed by atoms with Crippen molar-refractivity contribution in [1.82, 2.24) is 10.2 Å². The van der Waals surface area contributed by atoms with Crippen molar-refractivity contribution in [1.29, 1.82) is 0 Å². The van der Waals surface area contributed by atoms with E-state index in [4.69, 9.17) is 0 Å². The summed E-state index contributed by atoms with van der Waals surface area (Å²) in [4.78, 5) is 16.4. The van der Waals surface area contributed by atoms with Crippen molar-refractivity contribution in [3.63, 3.8) is 0 Å². The van der Waals surface area contributed by atoms with E-state index in [1.165, 1.54) is 16.8 Å². The molecule has 2 aliphatic rings. The number of amides is 2. The first-order valence-electron chi connectivity index (χ1n) is 7.52. The van der Waals surface area contributed by atoms with Crippen molar-refractivity contribution in [3.05, 3.63) is 29.3 Å². The number of benzene rings is 1. The number of hydrogen-bond donors (Lipinski definition) is 1. The van der Waals surface area contributed by atoms with Gasteiger partial charge >= 0.3 is 6.03 Å². The molecule has 3 rings (SSSR count). The zero-order valence-corrected chi connectivity index (χ0v) is 12.4. The highest BCUT2D eigenvalue weighted by Gasteiger charge is 2.28. The van der Waals surface area contributed by atoms with Crippen molar-refractivity contribution in [2.75, 3.05) is 31.1 Å². The molecule has 1 saturated carbocycles. The van der Waals surface area contributed by atoms with E-state index in [2.05, 4.69) is 42.3 Å². The Kier molecular flexibility index (Phi) is 3.55. The summed E-state index contributed by atoms with van der Waals surface area (Å²) in [5.41, 5.74) is 3.98. The molecule has 1 saturated heterocycles. The lowest BCUT2D eigenvalue weighted by atomic mass is 10.1. The molecule has 0 atom stereocenters. The summed E-state index contributed by atoms with van der Waals surface area (Å²) >= 11 is 0. The van der Waals surface area contributed by atoms with Crippen molar-refractivity contribution < 1.29 is 4.79 Å². The number of anilines is 1. The minimum absolute atomic E-state index is 0.119.